The van der Waals surface area contributed by atoms with Crippen molar-refractivity contribution in [3.63, 3.8) is 0 Å². The molecule has 0 aromatic carbocycles. The normalized spacial score (nSPS) is 42.2. The van der Waals surface area contributed by atoms with Crippen LogP contribution in [-0.4, -0.2) is 54.3 Å². The molecule has 16 heavy (non-hydrogen) atoms. The lowest BCUT2D eigenvalue weighted by Gasteiger charge is -2.41. The SMILES string of the molecule is CC1SCCN(CC2COCCC2N)C1C. The quantitative estimate of drug-likeness (QED) is 0.791. The predicted molar refractivity (Wildman–Crippen MR) is 69.9 cm³/mol. The maximum absolute atomic E-state index is 6.16. The molecule has 0 aromatic rings. The monoisotopic (exact) mass is 244 g/mol. The lowest BCUT2D eigenvalue weighted by Crippen LogP contribution is -2.51. The summed E-state index contributed by atoms with van der Waals surface area (Å²) in [6.45, 7) is 8.70. The summed E-state index contributed by atoms with van der Waals surface area (Å²) < 4.78 is 5.54. The van der Waals surface area contributed by atoms with Gasteiger partial charge in [-0.3, -0.25) is 4.90 Å². The Hall–Kier alpha value is 0.230. The smallest absolute Gasteiger partial charge is 0.0521 e. The number of rotatable bonds is 2. The molecule has 3 nitrogen and oxygen atoms in total. The summed E-state index contributed by atoms with van der Waals surface area (Å²) in [5.41, 5.74) is 6.16. The van der Waals surface area contributed by atoms with Crippen LogP contribution in [0, 0.1) is 5.92 Å². The van der Waals surface area contributed by atoms with Gasteiger partial charge in [-0.2, -0.15) is 11.8 Å². The molecule has 0 aromatic heterocycles. The predicted octanol–water partition coefficient (Wildman–Crippen LogP) is 1.18. The van der Waals surface area contributed by atoms with Gasteiger partial charge in [0.2, 0.25) is 0 Å². The zero-order valence-electron chi connectivity index (χ0n) is 10.4. The topological polar surface area (TPSA) is 38.5 Å². The van der Waals surface area contributed by atoms with Crippen molar-refractivity contribution in [3.05, 3.63) is 0 Å². The summed E-state index contributed by atoms with van der Waals surface area (Å²) in [5, 5.41) is 0.745. The second-order valence-electron chi connectivity index (χ2n) is 5.10. The zero-order valence-corrected chi connectivity index (χ0v) is 11.2. The third-order valence-corrected chi connectivity index (χ3v) is 5.35. The number of ether oxygens (including phenoxy) is 1. The summed E-state index contributed by atoms with van der Waals surface area (Å²) in [6, 6.07) is 1.01. The average Bonchev–Trinajstić information content (AvgIpc) is 2.28. The van der Waals surface area contributed by atoms with Gasteiger partial charge in [0.05, 0.1) is 6.61 Å². The highest BCUT2D eigenvalue weighted by atomic mass is 32.2. The highest BCUT2D eigenvalue weighted by Gasteiger charge is 2.30. The maximum atomic E-state index is 6.16. The van der Waals surface area contributed by atoms with Crippen molar-refractivity contribution in [2.45, 2.75) is 37.6 Å². The molecule has 2 saturated heterocycles. The van der Waals surface area contributed by atoms with Crippen LogP contribution in [0.5, 0.6) is 0 Å². The summed E-state index contributed by atoms with van der Waals surface area (Å²) >= 11 is 2.09. The minimum atomic E-state index is 0.339. The minimum absolute atomic E-state index is 0.339. The van der Waals surface area contributed by atoms with Crippen LogP contribution in [0.2, 0.25) is 0 Å². The first kappa shape index (κ1) is 12.7. The highest BCUT2D eigenvalue weighted by molar-refractivity contribution is 8.00. The first-order chi connectivity index (χ1) is 7.68. The van der Waals surface area contributed by atoms with Crippen LogP contribution in [0.25, 0.3) is 0 Å². The lowest BCUT2D eigenvalue weighted by molar-refractivity contribution is 0.0208. The van der Waals surface area contributed by atoms with Crippen molar-refractivity contribution in [1.29, 1.82) is 0 Å². The molecule has 0 radical (unpaired) electrons. The van der Waals surface area contributed by atoms with Gasteiger partial charge < -0.3 is 10.5 Å². The maximum Gasteiger partial charge on any atom is 0.0521 e. The van der Waals surface area contributed by atoms with E-state index in [0.717, 1.165) is 31.4 Å². The number of nitrogens with two attached hydrogens (primary N) is 1. The molecular formula is C12H24N2OS. The molecule has 4 unspecified atom stereocenters. The van der Waals surface area contributed by atoms with Crippen LogP contribution in [0.4, 0.5) is 0 Å². The largest absolute Gasteiger partial charge is 0.381 e. The summed E-state index contributed by atoms with van der Waals surface area (Å²) in [5.74, 6) is 1.79. The Kier molecular flexibility index (Phi) is 4.53. The van der Waals surface area contributed by atoms with Gasteiger partial charge in [0.15, 0.2) is 0 Å². The van der Waals surface area contributed by atoms with E-state index in [0.29, 0.717) is 18.0 Å². The summed E-state index contributed by atoms with van der Waals surface area (Å²) in [4.78, 5) is 2.60. The van der Waals surface area contributed by atoms with Crippen molar-refractivity contribution in [1.82, 2.24) is 4.90 Å². The third kappa shape index (κ3) is 2.92. The van der Waals surface area contributed by atoms with E-state index in [4.69, 9.17) is 10.5 Å². The molecule has 0 spiro atoms. The van der Waals surface area contributed by atoms with Gasteiger partial charge in [-0.05, 0) is 13.3 Å². The molecule has 94 valence electrons. The fourth-order valence-electron chi connectivity index (χ4n) is 2.56. The first-order valence-electron chi connectivity index (χ1n) is 6.37. The third-order valence-electron chi connectivity index (χ3n) is 4.02. The molecule has 2 rings (SSSR count). The van der Waals surface area contributed by atoms with Gasteiger partial charge >= 0.3 is 0 Å². The van der Waals surface area contributed by atoms with E-state index in [2.05, 4.69) is 30.5 Å². The molecule has 2 aliphatic heterocycles. The Morgan fingerprint density at radius 2 is 2.25 bits per heavy atom. The van der Waals surface area contributed by atoms with Crippen LogP contribution >= 0.6 is 11.8 Å². The second kappa shape index (κ2) is 5.71. The average molecular weight is 244 g/mol. The molecule has 2 fully saturated rings. The van der Waals surface area contributed by atoms with Crippen molar-refractivity contribution in [2.75, 3.05) is 32.1 Å². The van der Waals surface area contributed by atoms with Crippen LogP contribution in [-0.2, 0) is 4.74 Å². The fraction of sp³-hybridized carbons (Fsp3) is 1.00. The Morgan fingerprint density at radius 1 is 1.44 bits per heavy atom. The van der Waals surface area contributed by atoms with Gasteiger partial charge in [0.1, 0.15) is 0 Å². The number of thioether (sulfide) groups is 1. The molecule has 4 heteroatoms. The molecular weight excluding hydrogens is 220 g/mol. The van der Waals surface area contributed by atoms with Crippen molar-refractivity contribution in [2.24, 2.45) is 11.7 Å². The van der Waals surface area contributed by atoms with Gasteiger partial charge in [-0.1, -0.05) is 6.92 Å². The van der Waals surface area contributed by atoms with Gasteiger partial charge in [0.25, 0.3) is 0 Å². The Balaban J connectivity index is 1.87. The Labute approximate surface area is 103 Å². The highest BCUT2D eigenvalue weighted by Crippen LogP contribution is 2.26. The molecule has 2 aliphatic rings. The Bertz CT molecular complexity index is 227. The molecule has 2 heterocycles. The standard InChI is InChI=1S/C12H24N2OS/c1-9-10(2)16-6-4-14(9)7-11-8-15-5-3-12(11)13/h9-12H,3-8,13H2,1-2H3. The van der Waals surface area contributed by atoms with Crippen molar-refractivity contribution in [3.8, 4) is 0 Å². The number of hydrogen-bond acceptors (Lipinski definition) is 4. The molecule has 0 aliphatic carbocycles. The van der Waals surface area contributed by atoms with E-state index in [-0.39, 0.29) is 0 Å². The molecule has 0 bridgehead atoms. The summed E-state index contributed by atoms with van der Waals surface area (Å²) in [7, 11) is 0. The van der Waals surface area contributed by atoms with Crippen LogP contribution in [0.15, 0.2) is 0 Å². The van der Waals surface area contributed by atoms with E-state index < -0.39 is 0 Å². The summed E-state index contributed by atoms with van der Waals surface area (Å²) in [6.07, 6.45) is 1.02. The van der Waals surface area contributed by atoms with E-state index in [1.54, 1.807) is 0 Å². The molecule has 4 atom stereocenters. The fourth-order valence-corrected chi connectivity index (χ4v) is 3.72. The van der Waals surface area contributed by atoms with E-state index in [1.165, 1.54) is 12.3 Å². The van der Waals surface area contributed by atoms with Crippen molar-refractivity contribution >= 4 is 11.8 Å². The van der Waals surface area contributed by atoms with E-state index in [1.807, 2.05) is 0 Å². The lowest BCUT2D eigenvalue weighted by atomic mass is 9.95. The van der Waals surface area contributed by atoms with E-state index >= 15 is 0 Å². The van der Waals surface area contributed by atoms with Crippen LogP contribution in [0.1, 0.15) is 20.3 Å². The second-order valence-corrected chi connectivity index (χ2v) is 6.58. The molecule has 2 N–H and O–H groups in total. The minimum Gasteiger partial charge on any atom is -0.381 e. The Morgan fingerprint density at radius 3 is 3.00 bits per heavy atom. The van der Waals surface area contributed by atoms with E-state index in [9.17, 15) is 0 Å². The van der Waals surface area contributed by atoms with Crippen molar-refractivity contribution < 1.29 is 4.74 Å². The van der Waals surface area contributed by atoms with Gasteiger partial charge in [0, 0.05) is 48.7 Å². The van der Waals surface area contributed by atoms with Gasteiger partial charge in [-0.15, -0.1) is 0 Å². The molecule has 0 saturated carbocycles. The van der Waals surface area contributed by atoms with Crippen LogP contribution < -0.4 is 5.73 Å². The first-order valence-corrected chi connectivity index (χ1v) is 7.42. The van der Waals surface area contributed by atoms with Gasteiger partial charge in [-0.25, -0.2) is 0 Å². The van der Waals surface area contributed by atoms with Crippen LogP contribution in [0.3, 0.4) is 0 Å². The number of hydrogen-bond donors (Lipinski definition) is 1. The number of nitrogens with zero attached hydrogens (tertiary/aromatic N) is 1. The zero-order chi connectivity index (χ0) is 11.5. The molecule has 0 amide bonds.